The third kappa shape index (κ3) is 10.6. The highest BCUT2D eigenvalue weighted by atomic mass is 19.2. The summed E-state index contributed by atoms with van der Waals surface area (Å²) in [5.41, 5.74) is 5.39. The van der Waals surface area contributed by atoms with Crippen LogP contribution in [0.25, 0.3) is 11.1 Å². The molecule has 9 nitrogen and oxygen atoms in total. The fourth-order valence-electron chi connectivity index (χ4n) is 5.73. The van der Waals surface area contributed by atoms with Crippen molar-refractivity contribution in [3.05, 3.63) is 154 Å². The number of aryl methyl sites for hydroxylation is 3. The van der Waals surface area contributed by atoms with Crippen LogP contribution >= 0.6 is 0 Å². The van der Waals surface area contributed by atoms with Crippen LogP contribution in [0.3, 0.4) is 0 Å². The number of halogens is 2. The molecule has 0 radical (unpaired) electrons. The second-order valence-corrected chi connectivity index (χ2v) is 12.5. The van der Waals surface area contributed by atoms with Gasteiger partial charge in [-0.1, -0.05) is 90.5 Å². The molecule has 3 amide bonds. The van der Waals surface area contributed by atoms with Gasteiger partial charge in [-0.2, -0.15) is 0 Å². The molecule has 0 aliphatic rings. The summed E-state index contributed by atoms with van der Waals surface area (Å²) in [5, 5.41) is 8.19. The average molecular weight is 720 g/mol. The second-order valence-electron chi connectivity index (χ2n) is 12.5. The Labute approximate surface area is 306 Å². The number of anilines is 2. The molecule has 5 aromatic carbocycles. The van der Waals surface area contributed by atoms with Crippen LogP contribution in [0.4, 0.5) is 25.0 Å². The van der Waals surface area contributed by atoms with E-state index in [1.807, 2.05) is 69.3 Å². The van der Waals surface area contributed by atoms with E-state index >= 15 is 0 Å². The molecule has 53 heavy (non-hydrogen) atoms. The second kappa shape index (κ2) is 17.7. The summed E-state index contributed by atoms with van der Waals surface area (Å²) < 4.78 is 38.8. The first-order valence-electron chi connectivity index (χ1n) is 16.9. The van der Waals surface area contributed by atoms with E-state index in [1.165, 1.54) is 24.3 Å². The van der Waals surface area contributed by atoms with Crippen LogP contribution in [0, 0.1) is 32.4 Å². The minimum absolute atomic E-state index is 0.0170. The molecule has 11 heteroatoms. The molecule has 0 unspecified atom stereocenters. The summed E-state index contributed by atoms with van der Waals surface area (Å²) in [6.45, 7) is 5.62. The van der Waals surface area contributed by atoms with Crippen molar-refractivity contribution in [3.8, 4) is 11.1 Å². The number of hydrogen-bond donors (Lipinski definition) is 3. The fraction of sp³-hybridized carbons (Fsp3) is 0.190. The van der Waals surface area contributed by atoms with E-state index in [-0.39, 0.29) is 37.3 Å². The summed E-state index contributed by atoms with van der Waals surface area (Å²) in [4.78, 5) is 53.4. The number of ether oxygens (including phenoxy) is 2. The molecule has 0 fully saturated rings. The van der Waals surface area contributed by atoms with E-state index in [9.17, 15) is 28.0 Å². The van der Waals surface area contributed by atoms with E-state index in [1.54, 1.807) is 24.3 Å². The molecule has 0 bridgehead atoms. The molecule has 0 saturated heterocycles. The number of esters is 2. The summed E-state index contributed by atoms with van der Waals surface area (Å²) in [6.07, 6.45) is -0.356. The highest BCUT2D eigenvalue weighted by molar-refractivity contribution is 6.08. The zero-order valence-electron chi connectivity index (χ0n) is 29.5. The topological polar surface area (TPSA) is 123 Å². The number of carbonyl (C=O) groups excluding carboxylic acids is 4. The van der Waals surface area contributed by atoms with Crippen molar-refractivity contribution in [2.24, 2.45) is 0 Å². The monoisotopic (exact) mass is 719 g/mol. The van der Waals surface area contributed by atoms with Gasteiger partial charge in [-0.05, 0) is 84.8 Å². The first kappa shape index (κ1) is 37.9. The molecule has 3 N–H and O–H groups in total. The molecule has 272 valence electrons. The van der Waals surface area contributed by atoms with Gasteiger partial charge in [0.15, 0.2) is 11.6 Å². The van der Waals surface area contributed by atoms with Crippen molar-refractivity contribution in [1.29, 1.82) is 0 Å². The van der Waals surface area contributed by atoms with Gasteiger partial charge in [-0.15, -0.1) is 0 Å². The highest BCUT2D eigenvalue weighted by Crippen LogP contribution is 2.29. The highest BCUT2D eigenvalue weighted by Gasteiger charge is 2.26. The number of carbonyl (C=O) groups is 4. The molecule has 0 heterocycles. The zero-order valence-corrected chi connectivity index (χ0v) is 29.5. The first-order valence-corrected chi connectivity index (χ1v) is 16.9. The van der Waals surface area contributed by atoms with Crippen molar-refractivity contribution in [2.45, 2.75) is 52.9 Å². The predicted octanol–water partition coefficient (Wildman–Crippen LogP) is 8.57. The first-order chi connectivity index (χ1) is 25.5. The number of benzene rings is 5. The average Bonchev–Trinajstić information content (AvgIpc) is 3.14. The van der Waals surface area contributed by atoms with E-state index in [0.717, 1.165) is 39.9 Å². The molecule has 0 aliphatic heterocycles. The van der Waals surface area contributed by atoms with Gasteiger partial charge in [-0.25, -0.2) is 18.4 Å². The Bertz CT molecular complexity index is 2080. The molecule has 1 atom stereocenters. The van der Waals surface area contributed by atoms with Crippen LogP contribution in [0.1, 0.15) is 51.0 Å². The molecular formula is C42H39F2N3O6. The lowest BCUT2D eigenvalue weighted by Crippen LogP contribution is -2.42. The molecule has 5 rings (SSSR count). The molecule has 0 aliphatic carbocycles. The Morgan fingerprint density at radius 2 is 1.25 bits per heavy atom. The van der Waals surface area contributed by atoms with Crippen LogP contribution < -0.4 is 16.0 Å². The summed E-state index contributed by atoms with van der Waals surface area (Å²) >= 11 is 0. The van der Waals surface area contributed by atoms with Gasteiger partial charge in [0.05, 0.1) is 11.3 Å². The van der Waals surface area contributed by atoms with Gasteiger partial charge in [0, 0.05) is 12.1 Å². The lowest BCUT2D eigenvalue weighted by atomic mass is 10.0. The summed E-state index contributed by atoms with van der Waals surface area (Å²) in [7, 11) is 0. The molecule has 0 saturated carbocycles. The number of rotatable bonds is 13. The normalized spacial score (nSPS) is 11.3. The van der Waals surface area contributed by atoms with E-state index in [0.29, 0.717) is 16.8 Å². The lowest BCUT2D eigenvalue weighted by Gasteiger charge is -2.20. The quantitative estimate of drug-likeness (QED) is 0.105. The molecule has 0 spiro atoms. The van der Waals surface area contributed by atoms with Crippen LogP contribution in [-0.2, 0) is 32.3 Å². The smallest absolute Gasteiger partial charge is 0.328 e. The Hall–Kier alpha value is -6.36. The van der Waals surface area contributed by atoms with Crippen LogP contribution in [0.2, 0.25) is 0 Å². The third-order valence-corrected chi connectivity index (χ3v) is 8.37. The minimum atomic E-state index is -1.28. The van der Waals surface area contributed by atoms with Crippen molar-refractivity contribution in [2.75, 3.05) is 10.6 Å². The van der Waals surface area contributed by atoms with E-state index in [4.69, 9.17) is 9.47 Å². The van der Waals surface area contributed by atoms with Crippen molar-refractivity contribution >= 4 is 35.3 Å². The number of hydrogen-bond acceptors (Lipinski definition) is 6. The molecule has 5 aromatic rings. The van der Waals surface area contributed by atoms with Crippen LogP contribution in [-0.4, -0.2) is 29.9 Å². The maximum absolute atomic E-state index is 14.2. The standard InChI is InChI=1S/C42H39F2N3O6/c1-26-20-27(2)39(28(3)21-26)47-42(51)46-37-23-32(31-15-17-34(43)35(44)22-31)14-16-33(37)40(49)45-36(41(50)53-25-30-12-8-5-9-13-30)18-19-38(48)52-24-29-10-6-4-7-11-29/h4-17,20-23,36H,18-19,24-25H2,1-3H3,(H,45,49)(H2,46,47,51)/t36-/m0/s1. The fourth-order valence-corrected chi connectivity index (χ4v) is 5.73. The number of nitrogens with one attached hydrogen (secondary N) is 3. The zero-order chi connectivity index (χ0) is 37.9. The van der Waals surface area contributed by atoms with Crippen molar-refractivity contribution in [1.82, 2.24) is 5.32 Å². The summed E-state index contributed by atoms with van der Waals surface area (Å²) in [5.74, 6) is -4.23. The van der Waals surface area contributed by atoms with Crippen LogP contribution in [0.15, 0.2) is 109 Å². The maximum atomic E-state index is 14.2. The Morgan fingerprint density at radius 1 is 0.660 bits per heavy atom. The molecular weight excluding hydrogens is 680 g/mol. The van der Waals surface area contributed by atoms with Gasteiger partial charge in [0.2, 0.25) is 0 Å². The van der Waals surface area contributed by atoms with Gasteiger partial charge < -0.3 is 25.4 Å². The van der Waals surface area contributed by atoms with E-state index in [2.05, 4.69) is 16.0 Å². The van der Waals surface area contributed by atoms with Gasteiger partial charge in [0.1, 0.15) is 19.3 Å². The van der Waals surface area contributed by atoms with Gasteiger partial charge in [-0.3, -0.25) is 9.59 Å². The van der Waals surface area contributed by atoms with Crippen LogP contribution in [0.5, 0.6) is 0 Å². The summed E-state index contributed by atoms with van der Waals surface area (Å²) in [6, 6.07) is 27.6. The van der Waals surface area contributed by atoms with Gasteiger partial charge >= 0.3 is 18.0 Å². The van der Waals surface area contributed by atoms with Crippen molar-refractivity contribution in [3.63, 3.8) is 0 Å². The maximum Gasteiger partial charge on any atom is 0.328 e. The minimum Gasteiger partial charge on any atom is -0.461 e. The third-order valence-electron chi connectivity index (χ3n) is 8.37. The number of amides is 3. The Kier molecular flexibility index (Phi) is 12.7. The number of urea groups is 1. The Balaban J connectivity index is 1.39. The SMILES string of the molecule is Cc1cc(C)c(NC(=O)Nc2cc(-c3ccc(F)c(F)c3)ccc2C(=O)N[C@@H](CCC(=O)OCc2ccccc2)C(=O)OCc2ccccc2)c(C)c1. The lowest BCUT2D eigenvalue weighted by molar-refractivity contribution is -0.148. The molecule has 0 aromatic heterocycles. The predicted molar refractivity (Wildman–Crippen MR) is 198 cm³/mol. The Morgan fingerprint density at radius 3 is 1.87 bits per heavy atom. The largest absolute Gasteiger partial charge is 0.461 e. The van der Waals surface area contributed by atoms with E-state index < -0.39 is 41.6 Å². The van der Waals surface area contributed by atoms with Gasteiger partial charge in [0.25, 0.3) is 5.91 Å². The van der Waals surface area contributed by atoms with Crippen molar-refractivity contribution < 1.29 is 37.4 Å².